The Labute approximate surface area is 136 Å². The second kappa shape index (κ2) is 6.47. The zero-order valence-electron chi connectivity index (χ0n) is 13.1. The van der Waals surface area contributed by atoms with Gasteiger partial charge in [-0.1, -0.05) is 11.6 Å². The SMILES string of the molecule is COC1C[C@H]2CC(Nc3ccc(NC(C)=O)c(Cl)c3)C[C@H]2C1. The molecule has 0 heterocycles. The Morgan fingerprint density at radius 3 is 2.45 bits per heavy atom. The first-order valence-corrected chi connectivity index (χ1v) is 8.29. The minimum absolute atomic E-state index is 0.112. The van der Waals surface area contributed by atoms with Gasteiger partial charge in [-0.2, -0.15) is 0 Å². The van der Waals surface area contributed by atoms with E-state index in [1.807, 2.05) is 25.3 Å². The molecule has 0 radical (unpaired) electrons. The minimum atomic E-state index is -0.112. The molecule has 0 bridgehead atoms. The normalized spacial score (nSPS) is 30.1. The highest BCUT2D eigenvalue weighted by Crippen LogP contribution is 2.45. The molecule has 120 valence electrons. The molecule has 1 amide bonds. The summed E-state index contributed by atoms with van der Waals surface area (Å²) in [6, 6.07) is 6.22. The highest BCUT2D eigenvalue weighted by Gasteiger charge is 2.41. The fraction of sp³-hybridized carbons (Fsp3) is 0.588. The van der Waals surface area contributed by atoms with Crippen LogP contribution in [0.2, 0.25) is 5.02 Å². The van der Waals surface area contributed by atoms with Crippen LogP contribution in [0, 0.1) is 11.8 Å². The topological polar surface area (TPSA) is 50.4 Å². The number of carbonyl (C=O) groups is 1. The number of fused-ring (bicyclic) bond motifs is 1. The van der Waals surface area contributed by atoms with E-state index in [0.29, 0.717) is 22.9 Å². The molecule has 0 spiro atoms. The monoisotopic (exact) mass is 322 g/mol. The molecular formula is C17H23ClN2O2. The lowest BCUT2D eigenvalue weighted by atomic mass is 10.0. The number of methoxy groups -OCH3 is 1. The number of amides is 1. The summed E-state index contributed by atoms with van der Waals surface area (Å²) in [5, 5.41) is 6.88. The van der Waals surface area contributed by atoms with Crippen molar-refractivity contribution in [1.29, 1.82) is 0 Å². The maximum atomic E-state index is 11.1. The predicted octanol–water partition coefficient (Wildman–Crippen LogP) is 3.91. The van der Waals surface area contributed by atoms with Crippen molar-refractivity contribution in [1.82, 2.24) is 0 Å². The van der Waals surface area contributed by atoms with Gasteiger partial charge in [0.1, 0.15) is 0 Å². The van der Waals surface area contributed by atoms with E-state index in [-0.39, 0.29) is 5.91 Å². The first kappa shape index (κ1) is 15.6. The molecule has 2 N–H and O–H groups in total. The molecule has 5 heteroatoms. The Morgan fingerprint density at radius 1 is 1.23 bits per heavy atom. The summed E-state index contributed by atoms with van der Waals surface area (Å²) in [6.07, 6.45) is 5.26. The molecule has 4 atom stereocenters. The number of ether oxygens (including phenoxy) is 1. The van der Waals surface area contributed by atoms with Gasteiger partial charge < -0.3 is 15.4 Å². The number of carbonyl (C=O) groups excluding carboxylic acids is 1. The number of nitrogens with one attached hydrogen (secondary N) is 2. The number of rotatable bonds is 4. The molecular weight excluding hydrogens is 300 g/mol. The van der Waals surface area contributed by atoms with Crippen molar-refractivity contribution in [3.05, 3.63) is 23.2 Å². The fourth-order valence-corrected chi connectivity index (χ4v) is 4.23. The van der Waals surface area contributed by atoms with Crippen molar-refractivity contribution in [3.8, 4) is 0 Å². The fourth-order valence-electron chi connectivity index (χ4n) is 4.00. The molecule has 2 aliphatic carbocycles. The van der Waals surface area contributed by atoms with Gasteiger partial charge in [0.2, 0.25) is 5.91 Å². The van der Waals surface area contributed by atoms with E-state index < -0.39 is 0 Å². The maximum absolute atomic E-state index is 11.1. The summed E-state index contributed by atoms with van der Waals surface area (Å²) in [6.45, 7) is 1.48. The van der Waals surface area contributed by atoms with E-state index in [1.54, 1.807) is 0 Å². The molecule has 3 rings (SSSR count). The Balaban J connectivity index is 1.59. The summed E-state index contributed by atoms with van der Waals surface area (Å²) in [4.78, 5) is 11.1. The van der Waals surface area contributed by atoms with Crippen LogP contribution in [-0.4, -0.2) is 25.2 Å². The van der Waals surface area contributed by atoms with Gasteiger partial charge in [-0.15, -0.1) is 0 Å². The van der Waals surface area contributed by atoms with Gasteiger partial charge >= 0.3 is 0 Å². The molecule has 2 aliphatic rings. The third-order valence-corrected chi connectivity index (χ3v) is 5.27. The quantitative estimate of drug-likeness (QED) is 0.883. The standard InChI is InChI=1S/C17H23ClN2O2/c1-10(21)19-17-4-3-13(9-16(17)18)20-14-5-11-7-15(22-2)8-12(11)6-14/h3-4,9,11-12,14-15,20H,5-8H2,1-2H3,(H,19,21)/t11-,12+,14?,15?. The van der Waals surface area contributed by atoms with Gasteiger partial charge in [0.15, 0.2) is 0 Å². The predicted molar refractivity (Wildman–Crippen MR) is 89.4 cm³/mol. The van der Waals surface area contributed by atoms with Crippen molar-refractivity contribution in [3.63, 3.8) is 0 Å². The molecule has 1 aromatic carbocycles. The average Bonchev–Trinajstić information content (AvgIpc) is 2.99. The third-order valence-electron chi connectivity index (χ3n) is 4.96. The molecule has 4 nitrogen and oxygen atoms in total. The summed E-state index contributed by atoms with van der Waals surface area (Å²) >= 11 is 6.22. The van der Waals surface area contributed by atoms with Gasteiger partial charge in [-0.25, -0.2) is 0 Å². The lowest BCUT2D eigenvalue weighted by Gasteiger charge is -2.17. The number of anilines is 2. The average molecular weight is 323 g/mol. The van der Waals surface area contributed by atoms with Crippen molar-refractivity contribution in [2.75, 3.05) is 17.7 Å². The van der Waals surface area contributed by atoms with Crippen LogP contribution < -0.4 is 10.6 Å². The largest absolute Gasteiger partial charge is 0.382 e. The van der Waals surface area contributed by atoms with Crippen LogP contribution in [-0.2, 0) is 9.53 Å². The Hall–Kier alpha value is -1.26. The Morgan fingerprint density at radius 2 is 1.91 bits per heavy atom. The zero-order valence-corrected chi connectivity index (χ0v) is 13.8. The lowest BCUT2D eigenvalue weighted by Crippen LogP contribution is -2.18. The van der Waals surface area contributed by atoms with Crippen LogP contribution in [0.3, 0.4) is 0 Å². The van der Waals surface area contributed by atoms with Crippen molar-refractivity contribution in [2.24, 2.45) is 11.8 Å². The highest BCUT2D eigenvalue weighted by molar-refractivity contribution is 6.34. The van der Waals surface area contributed by atoms with E-state index in [1.165, 1.54) is 32.6 Å². The zero-order chi connectivity index (χ0) is 15.7. The Bertz CT molecular complexity index is 550. The number of hydrogen-bond acceptors (Lipinski definition) is 3. The molecule has 0 saturated heterocycles. The smallest absolute Gasteiger partial charge is 0.221 e. The van der Waals surface area contributed by atoms with Crippen molar-refractivity contribution < 1.29 is 9.53 Å². The van der Waals surface area contributed by atoms with Gasteiger partial charge in [-0.3, -0.25) is 4.79 Å². The summed E-state index contributed by atoms with van der Waals surface area (Å²) < 4.78 is 5.49. The van der Waals surface area contributed by atoms with E-state index in [9.17, 15) is 4.79 Å². The highest BCUT2D eigenvalue weighted by atomic mass is 35.5. The summed E-state index contributed by atoms with van der Waals surface area (Å²) in [5.41, 5.74) is 1.68. The lowest BCUT2D eigenvalue weighted by molar-refractivity contribution is -0.114. The minimum Gasteiger partial charge on any atom is -0.382 e. The van der Waals surface area contributed by atoms with Crippen LogP contribution in [0.5, 0.6) is 0 Å². The molecule has 2 unspecified atom stereocenters. The number of halogens is 1. The summed E-state index contributed by atoms with van der Waals surface area (Å²) in [7, 11) is 1.82. The van der Waals surface area contributed by atoms with Crippen LogP contribution >= 0.6 is 11.6 Å². The molecule has 22 heavy (non-hydrogen) atoms. The van der Waals surface area contributed by atoms with Gasteiger partial charge in [0, 0.05) is 25.8 Å². The first-order valence-electron chi connectivity index (χ1n) is 7.91. The van der Waals surface area contributed by atoms with E-state index in [2.05, 4.69) is 10.6 Å². The van der Waals surface area contributed by atoms with Gasteiger partial charge in [0.25, 0.3) is 0 Å². The van der Waals surface area contributed by atoms with Gasteiger partial charge in [-0.05, 0) is 55.7 Å². The van der Waals surface area contributed by atoms with Crippen molar-refractivity contribution >= 4 is 28.9 Å². The first-order chi connectivity index (χ1) is 10.5. The van der Waals surface area contributed by atoms with Crippen LogP contribution in [0.1, 0.15) is 32.6 Å². The van der Waals surface area contributed by atoms with Crippen LogP contribution in [0.15, 0.2) is 18.2 Å². The summed E-state index contributed by atoms with van der Waals surface area (Å²) in [5.74, 6) is 1.46. The van der Waals surface area contributed by atoms with Crippen LogP contribution in [0.4, 0.5) is 11.4 Å². The molecule has 1 aromatic rings. The second-order valence-corrected chi connectivity index (χ2v) is 6.94. The van der Waals surface area contributed by atoms with E-state index >= 15 is 0 Å². The number of hydrogen-bond donors (Lipinski definition) is 2. The second-order valence-electron chi connectivity index (χ2n) is 6.54. The van der Waals surface area contributed by atoms with Crippen LogP contribution in [0.25, 0.3) is 0 Å². The molecule has 2 saturated carbocycles. The third kappa shape index (κ3) is 3.39. The molecule has 0 aliphatic heterocycles. The molecule has 2 fully saturated rings. The maximum Gasteiger partial charge on any atom is 0.221 e. The van der Waals surface area contributed by atoms with Gasteiger partial charge in [0.05, 0.1) is 16.8 Å². The van der Waals surface area contributed by atoms with E-state index in [0.717, 1.165) is 17.5 Å². The van der Waals surface area contributed by atoms with E-state index in [4.69, 9.17) is 16.3 Å². The van der Waals surface area contributed by atoms with Crippen molar-refractivity contribution in [2.45, 2.75) is 44.8 Å². The molecule has 0 aromatic heterocycles. The Kier molecular flexibility index (Phi) is 4.59. The number of benzene rings is 1.